The van der Waals surface area contributed by atoms with Crippen LogP contribution in [0.5, 0.6) is 0 Å². The normalized spacial score (nSPS) is 11.5. The quantitative estimate of drug-likeness (QED) is 0.473. The van der Waals surface area contributed by atoms with Crippen molar-refractivity contribution in [2.24, 2.45) is 0 Å². The Morgan fingerprint density at radius 2 is 1.83 bits per heavy atom. The van der Waals surface area contributed by atoms with E-state index >= 15 is 0 Å². The molecule has 0 saturated heterocycles. The maximum absolute atomic E-state index is 12.5. The molecule has 0 unspecified atom stereocenters. The van der Waals surface area contributed by atoms with Gasteiger partial charge in [0.25, 0.3) is 5.56 Å². The van der Waals surface area contributed by atoms with Crippen molar-refractivity contribution in [1.82, 2.24) is 9.55 Å². The standard InChI is InChI=1S/C23H20N2O3S/c1-2-19-21(26)24-23(27)25(22(19)29-18-11-4-3-5-12-18)14-8-10-17-15-16-9-6-7-13-20(16)28-17/h3-13,15H,2,14H2,1H3,(H,24,26,27)/b10-8+. The van der Waals surface area contributed by atoms with Crippen LogP contribution in [0.3, 0.4) is 0 Å². The van der Waals surface area contributed by atoms with E-state index in [4.69, 9.17) is 4.42 Å². The van der Waals surface area contributed by atoms with Crippen LogP contribution in [-0.2, 0) is 13.0 Å². The summed E-state index contributed by atoms with van der Waals surface area (Å²) < 4.78 is 7.38. The Morgan fingerprint density at radius 3 is 2.59 bits per heavy atom. The number of H-pyrrole nitrogens is 1. The fourth-order valence-corrected chi connectivity index (χ4v) is 4.29. The topological polar surface area (TPSA) is 68.0 Å². The van der Waals surface area contributed by atoms with Gasteiger partial charge in [0.1, 0.15) is 11.3 Å². The summed E-state index contributed by atoms with van der Waals surface area (Å²) in [5, 5.41) is 1.70. The Kier molecular flexibility index (Phi) is 5.53. The lowest BCUT2D eigenvalue weighted by molar-refractivity contribution is 0.602. The van der Waals surface area contributed by atoms with Gasteiger partial charge in [-0.1, -0.05) is 61.2 Å². The summed E-state index contributed by atoms with van der Waals surface area (Å²) in [5.41, 5.74) is 0.686. The Morgan fingerprint density at radius 1 is 1.07 bits per heavy atom. The SMILES string of the molecule is CCc1c(Sc2ccccc2)n(C/C=C/c2cc3ccccc3o2)c(=O)[nH]c1=O. The molecule has 0 amide bonds. The second-order valence-corrected chi connectivity index (χ2v) is 7.57. The molecule has 0 aliphatic carbocycles. The van der Waals surface area contributed by atoms with Crippen molar-refractivity contribution < 1.29 is 4.42 Å². The number of hydrogen-bond donors (Lipinski definition) is 1. The van der Waals surface area contributed by atoms with Gasteiger partial charge in [-0.2, -0.15) is 0 Å². The van der Waals surface area contributed by atoms with E-state index in [0.717, 1.165) is 21.6 Å². The zero-order valence-corrected chi connectivity index (χ0v) is 16.7. The summed E-state index contributed by atoms with van der Waals surface area (Å²) in [5.74, 6) is 0.719. The maximum atomic E-state index is 12.5. The molecule has 0 fully saturated rings. The molecular weight excluding hydrogens is 384 g/mol. The van der Waals surface area contributed by atoms with E-state index in [2.05, 4.69) is 4.98 Å². The van der Waals surface area contributed by atoms with E-state index in [1.807, 2.05) is 79.7 Å². The van der Waals surface area contributed by atoms with E-state index in [1.165, 1.54) is 11.8 Å². The highest BCUT2D eigenvalue weighted by molar-refractivity contribution is 7.99. The average molecular weight is 404 g/mol. The summed E-state index contributed by atoms with van der Waals surface area (Å²) in [6, 6.07) is 19.5. The summed E-state index contributed by atoms with van der Waals surface area (Å²) in [4.78, 5) is 28.3. The highest BCUT2D eigenvalue weighted by Gasteiger charge is 2.14. The molecule has 0 aliphatic rings. The first kappa shape index (κ1) is 19.1. The fraction of sp³-hybridized carbons (Fsp3) is 0.130. The number of aromatic amines is 1. The fourth-order valence-electron chi connectivity index (χ4n) is 3.15. The highest BCUT2D eigenvalue weighted by atomic mass is 32.2. The summed E-state index contributed by atoms with van der Waals surface area (Å²) in [6.45, 7) is 2.24. The van der Waals surface area contributed by atoms with E-state index in [-0.39, 0.29) is 5.56 Å². The molecule has 0 radical (unpaired) electrons. The van der Waals surface area contributed by atoms with Crippen molar-refractivity contribution in [3.63, 3.8) is 0 Å². The molecule has 2 heterocycles. The van der Waals surface area contributed by atoms with Gasteiger partial charge >= 0.3 is 5.69 Å². The first-order chi connectivity index (χ1) is 14.2. The van der Waals surface area contributed by atoms with Gasteiger partial charge < -0.3 is 4.42 Å². The number of nitrogens with one attached hydrogen (secondary N) is 1. The number of allylic oxidation sites excluding steroid dienone is 1. The van der Waals surface area contributed by atoms with Crippen LogP contribution < -0.4 is 11.2 Å². The molecule has 5 nitrogen and oxygen atoms in total. The van der Waals surface area contributed by atoms with Gasteiger partial charge in [0.15, 0.2) is 0 Å². The molecule has 4 aromatic rings. The van der Waals surface area contributed by atoms with Crippen molar-refractivity contribution in [3.8, 4) is 0 Å². The molecule has 0 saturated carbocycles. The van der Waals surface area contributed by atoms with Crippen LogP contribution in [-0.4, -0.2) is 9.55 Å². The third-order valence-corrected chi connectivity index (χ3v) is 5.74. The molecule has 0 aliphatic heterocycles. The molecule has 0 spiro atoms. The van der Waals surface area contributed by atoms with Gasteiger partial charge in [-0.05, 0) is 36.8 Å². The largest absolute Gasteiger partial charge is 0.457 e. The lowest BCUT2D eigenvalue weighted by atomic mass is 10.2. The predicted octanol–water partition coefficient (Wildman–Crippen LogP) is 4.71. The minimum atomic E-state index is -0.417. The van der Waals surface area contributed by atoms with E-state index in [0.29, 0.717) is 23.6 Å². The van der Waals surface area contributed by atoms with E-state index in [1.54, 1.807) is 4.57 Å². The minimum absolute atomic E-state index is 0.326. The lowest BCUT2D eigenvalue weighted by Gasteiger charge is -2.13. The van der Waals surface area contributed by atoms with Crippen molar-refractivity contribution in [2.75, 3.05) is 0 Å². The molecule has 0 atom stereocenters. The molecule has 1 N–H and O–H groups in total. The highest BCUT2D eigenvalue weighted by Crippen LogP contribution is 2.28. The van der Waals surface area contributed by atoms with E-state index in [9.17, 15) is 9.59 Å². The van der Waals surface area contributed by atoms with Crippen LogP contribution in [0.25, 0.3) is 17.0 Å². The molecular formula is C23H20N2O3S. The van der Waals surface area contributed by atoms with Crippen LogP contribution in [0.4, 0.5) is 0 Å². The average Bonchev–Trinajstić information content (AvgIpc) is 3.14. The second kappa shape index (κ2) is 8.41. The maximum Gasteiger partial charge on any atom is 0.329 e. The molecule has 146 valence electrons. The zero-order valence-electron chi connectivity index (χ0n) is 15.9. The Bertz CT molecular complexity index is 1250. The number of furan rings is 1. The first-order valence-corrected chi connectivity index (χ1v) is 10.2. The van der Waals surface area contributed by atoms with Crippen LogP contribution in [0.15, 0.2) is 90.7 Å². The van der Waals surface area contributed by atoms with Crippen LogP contribution in [0.1, 0.15) is 18.2 Å². The van der Waals surface area contributed by atoms with Gasteiger partial charge in [-0.25, -0.2) is 4.79 Å². The van der Waals surface area contributed by atoms with Crippen LogP contribution in [0.2, 0.25) is 0 Å². The summed E-state index contributed by atoms with van der Waals surface area (Å²) in [6.07, 6.45) is 4.25. The van der Waals surface area contributed by atoms with Crippen LogP contribution in [0, 0.1) is 0 Å². The Balaban J connectivity index is 1.68. The second-order valence-electron chi connectivity index (χ2n) is 6.51. The van der Waals surface area contributed by atoms with Crippen molar-refractivity contribution in [1.29, 1.82) is 0 Å². The molecule has 2 aromatic carbocycles. The van der Waals surface area contributed by atoms with E-state index < -0.39 is 5.69 Å². The molecule has 2 aromatic heterocycles. The lowest BCUT2D eigenvalue weighted by Crippen LogP contribution is -2.33. The van der Waals surface area contributed by atoms with Crippen molar-refractivity contribution >= 4 is 28.8 Å². The minimum Gasteiger partial charge on any atom is -0.457 e. The number of benzene rings is 2. The Hall–Kier alpha value is -3.25. The number of rotatable bonds is 6. The van der Waals surface area contributed by atoms with Gasteiger partial charge in [-0.3, -0.25) is 14.3 Å². The predicted molar refractivity (Wildman–Crippen MR) is 117 cm³/mol. The number of nitrogens with zero attached hydrogens (tertiary/aromatic N) is 1. The van der Waals surface area contributed by atoms with Gasteiger partial charge in [0.2, 0.25) is 0 Å². The monoisotopic (exact) mass is 404 g/mol. The zero-order chi connectivity index (χ0) is 20.2. The number of hydrogen-bond acceptors (Lipinski definition) is 4. The van der Waals surface area contributed by atoms with Crippen LogP contribution >= 0.6 is 11.8 Å². The number of para-hydroxylation sites is 1. The summed E-state index contributed by atoms with van der Waals surface area (Å²) in [7, 11) is 0. The van der Waals surface area contributed by atoms with Gasteiger partial charge in [0.05, 0.1) is 5.03 Å². The third kappa shape index (κ3) is 4.12. The molecule has 4 rings (SSSR count). The summed E-state index contributed by atoms with van der Waals surface area (Å²) >= 11 is 1.43. The van der Waals surface area contributed by atoms with Gasteiger partial charge in [0, 0.05) is 22.4 Å². The molecule has 29 heavy (non-hydrogen) atoms. The molecule has 6 heteroatoms. The van der Waals surface area contributed by atoms with Crippen molar-refractivity contribution in [3.05, 3.63) is 98.9 Å². The first-order valence-electron chi connectivity index (χ1n) is 9.39. The smallest absolute Gasteiger partial charge is 0.329 e. The Labute approximate surface area is 171 Å². The molecule has 0 bridgehead atoms. The number of aromatic nitrogens is 2. The third-order valence-electron chi connectivity index (χ3n) is 4.57. The number of fused-ring (bicyclic) bond motifs is 1. The van der Waals surface area contributed by atoms with Gasteiger partial charge in [-0.15, -0.1) is 0 Å². The van der Waals surface area contributed by atoms with Crippen molar-refractivity contribution in [2.45, 2.75) is 29.8 Å².